The Balaban J connectivity index is 2.36. The van der Waals surface area contributed by atoms with Crippen molar-refractivity contribution in [3.8, 4) is 11.5 Å². The first-order valence-corrected chi connectivity index (χ1v) is 5.83. The summed E-state index contributed by atoms with van der Waals surface area (Å²) in [5.74, 6) is 0.935. The third-order valence-electron chi connectivity index (χ3n) is 2.35. The fourth-order valence-electron chi connectivity index (χ4n) is 1.33. The fourth-order valence-corrected chi connectivity index (χ4v) is 1.85. The molecule has 1 aromatic heterocycles. The van der Waals surface area contributed by atoms with Gasteiger partial charge in [-0.05, 0) is 32.2 Å². The van der Waals surface area contributed by atoms with E-state index in [-0.39, 0.29) is 6.04 Å². The average Bonchev–Trinajstić information content (AvgIpc) is 2.76. The summed E-state index contributed by atoms with van der Waals surface area (Å²) in [5.41, 5.74) is 0.713. The zero-order valence-electron chi connectivity index (χ0n) is 9.37. The fraction of sp³-hybridized carbons (Fsp3) is 0.273. The Morgan fingerprint density at radius 3 is 2.41 bits per heavy atom. The first-order chi connectivity index (χ1) is 8.10. The molecule has 1 heterocycles. The Kier molecular flexibility index (Phi) is 3.66. The Morgan fingerprint density at radius 2 is 1.82 bits per heavy atom. The van der Waals surface area contributed by atoms with Gasteiger partial charge in [0.2, 0.25) is 11.8 Å². The largest absolute Gasteiger partial charge is 0.419 e. The van der Waals surface area contributed by atoms with Crippen molar-refractivity contribution >= 4 is 23.2 Å². The van der Waals surface area contributed by atoms with Gasteiger partial charge in [-0.25, -0.2) is 0 Å². The minimum atomic E-state index is 0.00547. The predicted octanol–water partition coefficient (Wildman–Crippen LogP) is 3.32. The molecule has 1 unspecified atom stereocenters. The van der Waals surface area contributed by atoms with Gasteiger partial charge in [-0.3, -0.25) is 0 Å². The van der Waals surface area contributed by atoms with Crippen molar-refractivity contribution in [1.29, 1.82) is 0 Å². The molecule has 0 spiro atoms. The lowest BCUT2D eigenvalue weighted by molar-refractivity contribution is 0.441. The van der Waals surface area contributed by atoms with E-state index in [1.54, 1.807) is 18.2 Å². The molecule has 0 aliphatic heterocycles. The van der Waals surface area contributed by atoms with Crippen LogP contribution in [0.3, 0.4) is 0 Å². The van der Waals surface area contributed by atoms with E-state index in [9.17, 15) is 0 Å². The number of aromatic nitrogens is 2. The first-order valence-electron chi connectivity index (χ1n) is 5.07. The van der Waals surface area contributed by atoms with Crippen LogP contribution in [-0.4, -0.2) is 17.2 Å². The highest BCUT2D eigenvalue weighted by Gasteiger charge is 2.13. The molecular weight excluding hydrogens is 261 g/mol. The quantitative estimate of drug-likeness (QED) is 0.931. The molecule has 1 N–H and O–H groups in total. The van der Waals surface area contributed by atoms with Crippen LogP contribution in [0.1, 0.15) is 18.9 Å². The molecule has 4 nitrogen and oxygen atoms in total. The smallest absolute Gasteiger partial charge is 0.247 e. The van der Waals surface area contributed by atoms with Crippen LogP contribution < -0.4 is 5.32 Å². The van der Waals surface area contributed by atoms with E-state index in [1.807, 2.05) is 14.0 Å². The summed E-state index contributed by atoms with van der Waals surface area (Å²) >= 11 is 11.8. The van der Waals surface area contributed by atoms with Gasteiger partial charge in [0.1, 0.15) is 0 Å². The van der Waals surface area contributed by atoms with E-state index in [0.717, 1.165) is 0 Å². The van der Waals surface area contributed by atoms with E-state index < -0.39 is 0 Å². The molecule has 2 rings (SSSR count). The summed E-state index contributed by atoms with van der Waals surface area (Å²) in [6, 6.07) is 5.12. The van der Waals surface area contributed by atoms with Crippen molar-refractivity contribution in [3.63, 3.8) is 0 Å². The minimum absolute atomic E-state index is 0.00547. The third kappa shape index (κ3) is 2.77. The summed E-state index contributed by atoms with van der Waals surface area (Å²) in [6.45, 7) is 1.93. The van der Waals surface area contributed by atoms with Crippen LogP contribution in [0.25, 0.3) is 11.5 Å². The molecule has 0 aliphatic carbocycles. The molecule has 0 radical (unpaired) electrons. The summed E-state index contributed by atoms with van der Waals surface area (Å²) in [6.07, 6.45) is 0. The standard InChI is InChI=1S/C11H11Cl2N3O/c1-6(14-2)10-15-16-11(17-10)7-3-8(12)5-9(13)4-7/h3-6,14H,1-2H3. The minimum Gasteiger partial charge on any atom is -0.419 e. The molecule has 0 saturated carbocycles. The molecule has 0 aliphatic rings. The van der Waals surface area contributed by atoms with Gasteiger partial charge >= 0.3 is 0 Å². The van der Waals surface area contributed by atoms with Crippen LogP contribution >= 0.6 is 23.2 Å². The van der Waals surface area contributed by atoms with Crippen LogP contribution in [-0.2, 0) is 0 Å². The van der Waals surface area contributed by atoms with Gasteiger partial charge in [-0.1, -0.05) is 23.2 Å². The molecule has 0 amide bonds. The van der Waals surface area contributed by atoms with Gasteiger partial charge < -0.3 is 9.73 Å². The number of hydrogen-bond donors (Lipinski definition) is 1. The topological polar surface area (TPSA) is 51.0 Å². The lowest BCUT2D eigenvalue weighted by atomic mass is 10.2. The summed E-state index contributed by atoms with van der Waals surface area (Å²) in [5, 5.41) is 12.0. The van der Waals surface area contributed by atoms with Crippen molar-refractivity contribution < 1.29 is 4.42 Å². The highest BCUT2D eigenvalue weighted by molar-refractivity contribution is 6.35. The summed E-state index contributed by atoms with van der Waals surface area (Å²) in [4.78, 5) is 0. The molecule has 1 aromatic carbocycles. The highest BCUT2D eigenvalue weighted by Crippen LogP contribution is 2.27. The molecule has 1 atom stereocenters. The van der Waals surface area contributed by atoms with Crippen molar-refractivity contribution in [1.82, 2.24) is 15.5 Å². The van der Waals surface area contributed by atoms with Crippen molar-refractivity contribution in [2.24, 2.45) is 0 Å². The van der Waals surface area contributed by atoms with Crippen LogP contribution in [0.5, 0.6) is 0 Å². The maximum atomic E-state index is 5.91. The van der Waals surface area contributed by atoms with Crippen molar-refractivity contribution in [3.05, 3.63) is 34.1 Å². The van der Waals surface area contributed by atoms with Gasteiger partial charge in [0.05, 0.1) is 6.04 Å². The summed E-state index contributed by atoms with van der Waals surface area (Å²) < 4.78 is 5.53. The average molecular weight is 272 g/mol. The Labute approximate surface area is 109 Å². The molecule has 90 valence electrons. The van der Waals surface area contributed by atoms with E-state index in [4.69, 9.17) is 27.6 Å². The highest BCUT2D eigenvalue weighted by atomic mass is 35.5. The second-order valence-corrected chi connectivity index (χ2v) is 4.49. The summed E-state index contributed by atoms with van der Waals surface area (Å²) in [7, 11) is 1.82. The number of hydrogen-bond acceptors (Lipinski definition) is 4. The molecule has 0 bridgehead atoms. The van der Waals surface area contributed by atoms with Crippen LogP contribution in [0.4, 0.5) is 0 Å². The van der Waals surface area contributed by atoms with Crippen molar-refractivity contribution in [2.75, 3.05) is 7.05 Å². The lowest BCUT2D eigenvalue weighted by Crippen LogP contribution is -2.12. The maximum Gasteiger partial charge on any atom is 0.247 e. The second-order valence-electron chi connectivity index (χ2n) is 3.61. The number of nitrogens with zero attached hydrogens (tertiary/aromatic N) is 2. The number of halogens is 2. The number of benzene rings is 1. The van der Waals surface area contributed by atoms with Crippen LogP contribution in [0, 0.1) is 0 Å². The third-order valence-corrected chi connectivity index (χ3v) is 2.79. The first kappa shape index (κ1) is 12.4. The van der Waals surface area contributed by atoms with Crippen molar-refractivity contribution in [2.45, 2.75) is 13.0 Å². The van der Waals surface area contributed by atoms with E-state index >= 15 is 0 Å². The van der Waals surface area contributed by atoms with Gasteiger partial charge in [0.15, 0.2) is 0 Å². The van der Waals surface area contributed by atoms with Gasteiger partial charge in [0.25, 0.3) is 0 Å². The van der Waals surface area contributed by atoms with Crippen LogP contribution in [0.15, 0.2) is 22.6 Å². The SMILES string of the molecule is CNC(C)c1nnc(-c2cc(Cl)cc(Cl)c2)o1. The monoisotopic (exact) mass is 271 g/mol. The normalized spacial score (nSPS) is 12.7. The molecular formula is C11H11Cl2N3O. The predicted molar refractivity (Wildman–Crippen MR) is 67.2 cm³/mol. The number of rotatable bonds is 3. The Morgan fingerprint density at radius 1 is 1.18 bits per heavy atom. The molecule has 6 heteroatoms. The van der Waals surface area contributed by atoms with Gasteiger partial charge in [-0.15, -0.1) is 10.2 Å². The second kappa shape index (κ2) is 5.04. The maximum absolute atomic E-state index is 5.91. The Hall–Kier alpha value is -1.10. The van der Waals surface area contributed by atoms with E-state index in [2.05, 4.69) is 15.5 Å². The van der Waals surface area contributed by atoms with Gasteiger partial charge in [0, 0.05) is 15.6 Å². The molecule has 0 saturated heterocycles. The van der Waals surface area contributed by atoms with Crippen LogP contribution in [0.2, 0.25) is 10.0 Å². The van der Waals surface area contributed by atoms with E-state index in [1.165, 1.54) is 0 Å². The number of nitrogens with one attached hydrogen (secondary N) is 1. The lowest BCUT2D eigenvalue weighted by Gasteiger charge is -2.02. The van der Waals surface area contributed by atoms with Gasteiger partial charge in [-0.2, -0.15) is 0 Å². The Bertz CT molecular complexity index is 507. The zero-order valence-corrected chi connectivity index (χ0v) is 10.9. The zero-order chi connectivity index (χ0) is 12.4. The molecule has 0 fully saturated rings. The molecule has 17 heavy (non-hydrogen) atoms. The molecule has 2 aromatic rings. The van der Waals surface area contributed by atoms with E-state index in [0.29, 0.717) is 27.4 Å².